The number of benzene rings is 3. The molecule has 28 heavy (non-hydrogen) atoms. The minimum absolute atomic E-state index is 0.221. The molecule has 0 saturated carbocycles. The van der Waals surface area contributed by atoms with Crippen molar-refractivity contribution in [1.29, 1.82) is 0 Å². The van der Waals surface area contributed by atoms with E-state index in [1.54, 1.807) is 12.1 Å². The maximum absolute atomic E-state index is 13.6. The average molecular weight is 370 g/mol. The number of hydrogen-bond acceptors (Lipinski definition) is 2. The van der Waals surface area contributed by atoms with Crippen molar-refractivity contribution in [1.82, 2.24) is 4.98 Å². The molecule has 0 saturated heterocycles. The van der Waals surface area contributed by atoms with Crippen molar-refractivity contribution in [2.75, 3.05) is 11.9 Å². The molecule has 1 N–H and O–H groups in total. The summed E-state index contributed by atoms with van der Waals surface area (Å²) in [7, 11) is 0. The van der Waals surface area contributed by atoms with Gasteiger partial charge in [-0.1, -0.05) is 43.3 Å². The van der Waals surface area contributed by atoms with Crippen molar-refractivity contribution in [3.05, 3.63) is 84.2 Å². The van der Waals surface area contributed by atoms with Crippen LogP contribution in [0, 0.1) is 5.82 Å². The van der Waals surface area contributed by atoms with E-state index in [0.717, 1.165) is 46.4 Å². The monoisotopic (exact) mass is 370 g/mol. The fourth-order valence-electron chi connectivity index (χ4n) is 3.53. The Balaban J connectivity index is 1.67. The Morgan fingerprint density at radius 3 is 2.07 bits per heavy atom. The minimum atomic E-state index is -0.221. The van der Waals surface area contributed by atoms with Crippen LogP contribution in [0.1, 0.15) is 19.4 Å². The molecule has 4 aromatic rings. The van der Waals surface area contributed by atoms with E-state index in [0.29, 0.717) is 0 Å². The number of rotatable bonds is 5. The summed E-state index contributed by atoms with van der Waals surface area (Å²) in [5.74, 6) is -0.221. The van der Waals surface area contributed by atoms with Gasteiger partial charge in [0.05, 0.1) is 11.2 Å². The van der Waals surface area contributed by atoms with Crippen LogP contribution < -0.4 is 5.32 Å². The van der Waals surface area contributed by atoms with Gasteiger partial charge in [-0.15, -0.1) is 0 Å². The van der Waals surface area contributed by atoms with Crippen LogP contribution in [0.25, 0.3) is 33.3 Å². The van der Waals surface area contributed by atoms with Crippen LogP contribution in [0.2, 0.25) is 0 Å². The Morgan fingerprint density at radius 2 is 1.43 bits per heavy atom. The highest BCUT2D eigenvalue weighted by molar-refractivity contribution is 5.85. The van der Waals surface area contributed by atoms with E-state index in [9.17, 15) is 4.39 Å². The number of nitrogens with one attached hydrogen (secondary N) is 1. The van der Waals surface area contributed by atoms with Gasteiger partial charge in [0, 0.05) is 23.2 Å². The lowest BCUT2D eigenvalue weighted by molar-refractivity contribution is 0.629. The second-order valence-corrected chi connectivity index (χ2v) is 6.87. The zero-order valence-electron chi connectivity index (χ0n) is 16.2. The van der Waals surface area contributed by atoms with Crippen molar-refractivity contribution in [3.63, 3.8) is 0 Å². The van der Waals surface area contributed by atoms with E-state index >= 15 is 0 Å². The van der Waals surface area contributed by atoms with E-state index in [-0.39, 0.29) is 5.82 Å². The number of nitrogens with zero attached hydrogens (tertiary/aromatic N) is 1. The summed E-state index contributed by atoms with van der Waals surface area (Å²) in [4.78, 5) is 4.75. The lowest BCUT2D eigenvalue weighted by atomic mass is 10.00. The molecule has 0 radical (unpaired) electrons. The molecule has 0 amide bonds. The van der Waals surface area contributed by atoms with Crippen molar-refractivity contribution in [2.45, 2.75) is 20.3 Å². The summed E-state index contributed by atoms with van der Waals surface area (Å²) in [6, 6.07) is 23.8. The first-order valence-electron chi connectivity index (χ1n) is 9.72. The molecule has 2 nitrogen and oxygen atoms in total. The minimum Gasteiger partial charge on any atom is -0.385 e. The van der Waals surface area contributed by atoms with E-state index in [4.69, 9.17) is 4.98 Å². The summed E-state index contributed by atoms with van der Waals surface area (Å²) in [5.41, 5.74) is 7.42. The number of aromatic nitrogens is 1. The normalized spacial score (nSPS) is 11.0. The third-order valence-electron chi connectivity index (χ3n) is 5.02. The third-order valence-corrected chi connectivity index (χ3v) is 5.02. The van der Waals surface area contributed by atoms with Gasteiger partial charge in [0.2, 0.25) is 0 Å². The highest BCUT2D eigenvalue weighted by Crippen LogP contribution is 2.28. The van der Waals surface area contributed by atoms with E-state index < -0.39 is 0 Å². The molecule has 3 aromatic carbocycles. The number of hydrogen-bond donors (Lipinski definition) is 1. The van der Waals surface area contributed by atoms with Gasteiger partial charge in [-0.05, 0) is 66.4 Å². The van der Waals surface area contributed by atoms with Gasteiger partial charge in [-0.3, -0.25) is 0 Å². The van der Waals surface area contributed by atoms with Crippen LogP contribution in [0.5, 0.6) is 0 Å². The summed E-state index contributed by atoms with van der Waals surface area (Å²) in [5, 5.41) is 4.21. The molecular formula is C25H23FN2. The van der Waals surface area contributed by atoms with Crippen molar-refractivity contribution >= 4 is 16.6 Å². The number of aryl methyl sites for hydroxylation is 1. The summed E-state index contributed by atoms with van der Waals surface area (Å²) >= 11 is 0. The molecular weight excluding hydrogens is 347 g/mol. The second-order valence-electron chi connectivity index (χ2n) is 6.87. The topological polar surface area (TPSA) is 24.9 Å². The zero-order valence-corrected chi connectivity index (χ0v) is 16.2. The molecule has 4 rings (SSSR count). The van der Waals surface area contributed by atoms with Gasteiger partial charge in [-0.25, -0.2) is 9.37 Å². The number of anilines is 1. The van der Waals surface area contributed by atoms with Gasteiger partial charge in [0.15, 0.2) is 0 Å². The van der Waals surface area contributed by atoms with Crippen LogP contribution in [0.15, 0.2) is 72.8 Å². The molecule has 0 atom stereocenters. The quantitative estimate of drug-likeness (QED) is 0.423. The first-order valence-corrected chi connectivity index (χ1v) is 9.72. The summed E-state index contributed by atoms with van der Waals surface area (Å²) in [6.45, 7) is 5.09. The predicted molar refractivity (Wildman–Crippen MR) is 116 cm³/mol. The number of halogens is 1. The molecule has 1 heterocycles. The largest absolute Gasteiger partial charge is 0.385 e. The van der Waals surface area contributed by atoms with Crippen LogP contribution >= 0.6 is 0 Å². The Kier molecular flexibility index (Phi) is 5.07. The van der Waals surface area contributed by atoms with E-state index in [2.05, 4.69) is 73.8 Å². The Morgan fingerprint density at radius 1 is 0.786 bits per heavy atom. The van der Waals surface area contributed by atoms with E-state index in [1.807, 2.05) is 0 Å². The van der Waals surface area contributed by atoms with Gasteiger partial charge >= 0.3 is 0 Å². The molecule has 0 aliphatic carbocycles. The average Bonchev–Trinajstić information content (AvgIpc) is 2.74. The molecule has 0 aliphatic heterocycles. The Bertz CT molecular complexity index is 1100. The molecule has 0 spiro atoms. The van der Waals surface area contributed by atoms with Crippen LogP contribution in [-0.4, -0.2) is 11.5 Å². The van der Waals surface area contributed by atoms with Gasteiger partial charge < -0.3 is 5.32 Å². The maximum Gasteiger partial charge on any atom is 0.123 e. The smallest absolute Gasteiger partial charge is 0.123 e. The Labute approximate surface area is 165 Å². The highest BCUT2D eigenvalue weighted by atomic mass is 19.1. The van der Waals surface area contributed by atoms with Crippen molar-refractivity contribution in [3.8, 4) is 22.4 Å². The van der Waals surface area contributed by atoms with Gasteiger partial charge in [0.1, 0.15) is 5.82 Å². The standard InChI is InChI=1S/C25H23FN2/c1-3-17-15-25(28-24-14-11-21(26)16-23(17)24)20-7-5-18(6-8-20)19-9-12-22(13-10-19)27-4-2/h5-16,27H,3-4H2,1-2H3. The maximum atomic E-state index is 13.6. The molecule has 140 valence electrons. The summed E-state index contributed by atoms with van der Waals surface area (Å²) < 4.78 is 13.6. The first-order chi connectivity index (χ1) is 13.7. The number of fused-ring (bicyclic) bond motifs is 1. The predicted octanol–water partition coefficient (Wildman–Crippen LogP) is 6.70. The van der Waals surface area contributed by atoms with Crippen molar-refractivity contribution < 1.29 is 4.39 Å². The molecule has 0 unspecified atom stereocenters. The molecule has 0 aliphatic rings. The molecule has 1 aromatic heterocycles. The van der Waals surface area contributed by atoms with Crippen LogP contribution in [0.3, 0.4) is 0 Å². The van der Waals surface area contributed by atoms with Crippen LogP contribution in [0.4, 0.5) is 10.1 Å². The Hall–Kier alpha value is -3.20. The fraction of sp³-hybridized carbons (Fsp3) is 0.160. The van der Waals surface area contributed by atoms with Crippen LogP contribution in [-0.2, 0) is 6.42 Å². The van der Waals surface area contributed by atoms with Gasteiger partial charge in [-0.2, -0.15) is 0 Å². The van der Waals surface area contributed by atoms with E-state index in [1.165, 1.54) is 17.2 Å². The molecule has 0 fully saturated rings. The lowest BCUT2D eigenvalue weighted by Crippen LogP contribution is -1.95. The second kappa shape index (κ2) is 7.81. The van der Waals surface area contributed by atoms with Gasteiger partial charge in [0.25, 0.3) is 0 Å². The number of pyridine rings is 1. The fourth-order valence-corrected chi connectivity index (χ4v) is 3.53. The zero-order chi connectivity index (χ0) is 19.5. The third kappa shape index (κ3) is 3.61. The first kappa shape index (κ1) is 18.2. The lowest BCUT2D eigenvalue weighted by Gasteiger charge is -2.10. The molecule has 3 heteroatoms. The molecule has 0 bridgehead atoms. The summed E-state index contributed by atoms with van der Waals surface area (Å²) in [6.07, 6.45) is 0.839. The SMILES string of the molecule is CCNc1ccc(-c2ccc(-c3cc(CC)c4cc(F)ccc4n3)cc2)cc1. The van der Waals surface area contributed by atoms with Crippen molar-refractivity contribution in [2.24, 2.45) is 0 Å². The highest BCUT2D eigenvalue weighted by Gasteiger charge is 2.08.